The lowest BCUT2D eigenvalue weighted by Crippen LogP contribution is -2.38. The van der Waals surface area contributed by atoms with Gasteiger partial charge in [0.1, 0.15) is 5.69 Å². The molecule has 0 aromatic carbocycles. The minimum atomic E-state index is -0.368. The molecule has 1 amide bonds. The lowest BCUT2D eigenvalue weighted by Gasteiger charge is -2.27. The monoisotopic (exact) mass is 293 g/mol. The van der Waals surface area contributed by atoms with E-state index in [0.717, 1.165) is 32.2 Å². The minimum Gasteiger partial charge on any atom is -0.393 e. The van der Waals surface area contributed by atoms with Crippen LogP contribution >= 0.6 is 0 Å². The van der Waals surface area contributed by atoms with Crippen LogP contribution in [0.2, 0.25) is 0 Å². The fourth-order valence-corrected chi connectivity index (χ4v) is 3.30. The van der Waals surface area contributed by atoms with E-state index in [1.54, 1.807) is 13.1 Å². The summed E-state index contributed by atoms with van der Waals surface area (Å²) in [6, 6.07) is 2.25. The SMILES string of the molecule is CCC(CC)n1nccc1C(=O)N1CCCC1CC(C)O. The molecule has 0 saturated carbocycles. The number of carbonyl (C=O) groups excluding carboxylic acids is 1. The van der Waals surface area contributed by atoms with Crippen LogP contribution < -0.4 is 0 Å². The van der Waals surface area contributed by atoms with Crippen molar-refractivity contribution in [3.05, 3.63) is 18.0 Å². The number of nitrogens with zero attached hydrogens (tertiary/aromatic N) is 3. The lowest BCUT2D eigenvalue weighted by molar-refractivity contribution is 0.0666. The summed E-state index contributed by atoms with van der Waals surface area (Å²) in [4.78, 5) is 14.8. The van der Waals surface area contributed by atoms with E-state index in [1.165, 1.54) is 0 Å². The van der Waals surface area contributed by atoms with E-state index in [1.807, 2.05) is 15.6 Å². The summed E-state index contributed by atoms with van der Waals surface area (Å²) in [6.07, 6.45) is 5.94. The highest BCUT2D eigenvalue weighted by Crippen LogP contribution is 2.25. The van der Waals surface area contributed by atoms with Crippen molar-refractivity contribution in [2.75, 3.05) is 6.54 Å². The van der Waals surface area contributed by atoms with E-state index in [-0.39, 0.29) is 24.1 Å². The van der Waals surface area contributed by atoms with Gasteiger partial charge in [-0.1, -0.05) is 13.8 Å². The second-order valence-corrected chi connectivity index (χ2v) is 6.01. The van der Waals surface area contributed by atoms with Crippen LogP contribution in [0.25, 0.3) is 0 Å². The first-order valence-electron chi connectivity index (χ1n) is 8.11. The van der Waals surface area contributed by atoms with Crippen LogP contribution in [-0.4, -0.2) is 44.4 Å². The Balaban J connectivity index is 2.18. The predicted octanol–water partition coefficient (Wildman–Crippen LogP) is 2.62. The number of hydrogen-bond donors (Lipinski definition) is 1. The minimum absolute atomic E-state index is 0.0579. The second-order valence-electron chi connectivity index (χ2n) is 6.01. The molecular formula is C16H27N3O2. The first kappa shape index (κ1) is 16.0. The molecule has 1 aromatic rings. The van der Waals surface area contributed by atoms with Crippen LogP contribution in [0.1, 0.15) is 69.4 Å². The number of aliphatic hydroxyl groups is 1. The maximum absolute atomic E-state index is 12.8. The van der Waals surface area contributed by atoms with Gasteiger partial charge in [0.2, 0.25) is 0 Å². The van der Waals surface area contributed by atoms with Gasteiger partial charge in [0.25, 0.3) is 5.91 Å². The van der Waals surface area contributed by atoms with E-state index in [4.69, 9.17) is 0 Å². The molecule has 1 aromatic heterocycles. The molecule has 2 atom stereocenters. The van der Waals surface area contributed by atoms with Gasteiger partial charge >= 0.3 is 0 Å². The quantitative estimate of drug-likeness (QED) is 0.877. The van der Waals surface area contributed by atoms with Gasteiger partial charge in [-0.15, -0.1) is 0 Å². The Bertz CT molecular complexity index is 466. The lowest BCUT2D eigenvalue weighted by atomic mass is 10.1. The van der Waals surface area contributed by atoms with Crippen LogP contribution in [0.3, 0.4) is 0 Å². The predicted molar refractivity (Wildman–Crippen MR) is 82.2 cm³/mol. The zero-order valence-corrected chi connectivity index (χ0v) is 13.3. The Hall–Kier alpha value is -1.36. The van der Waals surface area contributed by atoms with Crippen molar-refractivity contribution in [3.8, 4) is 0 Å². The standard InChI is InChI=1S/C16H27N3O2/c1-4-13(5-2)19-15(8-9-17-19)16(21)18-10-6-7-14(18)11-12(3)20/h8-9,12-14,20H,4-7,10-11H2,1-3H3. The van der Waals surface area contributed by atoms with E-state index in [2.05, 4.69) is 18.9 Å². The van der Waals surface area contributed by atoms with Crippen molar-refractivity contribution in [1.29, 1.82) is 0 Å². The Morgan fingerprint density at radius 2 is 2.19 bits per heavy atom. The van der Waals surface area contributed by atoms with E-state index < -0.39 is 0 Å². The van der Waals surface area contributed by atoms with Crippen molar-refractivity contribution in [3.63, 3.8) is 0 Å². The van der Waals surface area contributed by atoms with Crippen LogP contribution in [0.5, 0.6) is 0 Å². The Morgan fingerprint density at radius 3 is 2.81 bits per heavy atom. The molecule has 0 bridgehead atoms. The highest BCUT2D eigenvalue weighted by Gasteiger charge is 2.32. The largest absolute Gasteiger partial charge is 0.393 e. The van der Waals surface area contributed by atoms with Crippen LogP contribution in [0.15, 0.2) is 12.3 Å². The van der Waals surface area contributed by atoms with E-state index >= 15 is 0 Å². The summed E-state index contributed by atoms with van der Waals surface area (Å²) >= 11 is 0. The zero-order chi connectivity index (χ0) is 15.4. The maximum Gasteiger partial charge on any atom is 0.272 e. The van der Waals surface area contributed by atoms with E-state index in [9.17, 15) is 9.90 Å². The van der Waals surface area contributed by atoms with Crippen LogP contribution in [-0.2, 0) is 0 Å². The Labute approximate surface area is 126 Å². The van der Waals surface area contributed by atoms with Gasteiger partial charge < -0.3 is 10.0 Å². The van der Waals surface area contributed by atoms with Crippen molar-refractivity contribution in [2.24, 2.45) is 0 Å². The van der Waals surface area contributed by atoms with Gasteiger partial charge in [0, 0.05) is 18.8 Å². The third-order valence-electron chi connectivity index (χ3n) is 4.43. The number of rotatable bonds is 6. The highest BCUT2D eigenvalue weighted by molar-refractivity contribution is 5.93. The first-order valence-corrected chi connectivity index (χ1v) is 8.11. The molecule has 5 heteroatoms. The first-order chi connectivity index (χ1) is 10.1. The number of carbonyl (C=O) groups is 1. The molecular weight excluding hydrogens is 266 g/mol. The van der Waals surface area contributed by atoms with Gasteiger partial charge in [0.15, 0.2) is 0 Å². The van der Waals surface area contributed by atoms with Crippen molar-refractivity contribution < 1.29 is 9.90 Å². The highest BCUT2D eigenvalue weighted by atomic mass is 16.3. The second kappa shape index (κ2) is 7.07. The van der Waals surface area contributed by atoms with Crippen molar-refractivity contribution >= 4 is 5.91 Å². The topological polar surface area (TPSA) is 58.4 Å². The molecule has 2 unspecified atom stereocenters. The molecule has 5 nitrogen and oxygen atoms in total. The average Bonchev–Trinajstić information content (AvgIpc) is 3.08. The molecule has 0 radical (unpaired) electrons. The molecule has 2 heterocycles. The summed E-state index contributed by atoms with van der Waals surface area (Å²) in [5.74, 6) is 0.0579. The molecule has 2 rings (SSSR count). The zero-order valence-electron chi connectivity index (χ0n) is 13.3. The Kier molecular flexibility index (Phi) is 5.39. The van der Waals surface area contributed by atoms with E-state index in [0.29, 0.717) is 12.1 Å². The third-order valence-corrected chi connectivity index (χ3v) is 4.43. The molecule has 0 spiro atoms. The van der Waals surface area contributed by atoms with Crippen LogP contribution in [0, 0.1) is 0 Å². The molecule has 0 aliphatic carbocycles. The third kappa shape index (κ3) is 3.46. The summed E-state index contributed by atoms with van der Waals surface area (Å²) in [6.45, 7) is 6.81. The fourth-order valence-electron chi connectivity index (χ4n) is 3.30. The number of amides is 1. The smallest absolute Gasteiger partial charge is 0.272 e. The molecule has 1 aliphatic heterocycles. The normalized spacial score (nSPS) is 20.2. The Morgan fingerprint density at radius 1 is 1.48 bits per heavy atom. The van der Waals surface area contributed by atoms with Crippen molar-refractivity contribution in [1.82, 2.24) is 14.7 Å². The summed E-state index contributed by atoms with van der Waals surface area (Å²) < 4.78 is 1.88. The van der Waals surface area contributed by atoms with Gasteiger partial charge in [0.05, 0.1) is 12.1 Å². The number of hydrogen-bond acceptors (Lipinski definition) is 3. The molecule has 1 fully saturated rings. The maximum atomic E-state index is 12.8. The summed E-state index contributed by atoms with van der Waals surface area (Å²) in [7, 11) is 0. The van der Waals surface area contributed by atoms with Crippen LogP contribution in [0.4, 0.5) is 0 Å². The molecule has 1 saturated heterocycles. The molecule has 1 N–H and O–H groups in total. The summed E-state index contributed by atoms with van der Waals surface area (Å²) in [5.41, 5.74) is 0.682. The van der Waals surface area contributed by atoms with Gasteiger partial charge in [-0.2, -0.15) is 5.10 Å². The van der Waals surface area contributed by atoms with Gasteiger partial charge in [-0.05, 0) is 45.1 Å². The molecule has 21 heavy (non-hydrogen) atoms. The fraction of sp³-hybridized carbons (Fsp3) is 0.750. The number of aliphatic hydroxyl groups excluding tert-OH is 1. The molecule has 118 valence electrons. The average molecular weight is 293 g/mol. The van der Waals surface area contributed by atoms with Crippen molar-refractivity contribution in [2.45, 2.75) is 71.1 Å². The summed E-state index contributed by atoms with van der Waals surface area (Å²) in [5, 5.41) is 14.0. The molecule has 1 aliphatic rings. The number of aromatic nitrogens is 2. The van der Waals surface area contributed by atoms with Gasteiger partial charge in [-0.3, -0.25) is 9.48 Å². The number of likely N-dealkylation sites (tertiary alicyclic amines) is 1. The van der Waals surface area contributed by atoms with Gasteiger partial charge in [-0.25, -0.2) is 0 Å².